The van der Waals surface area contributed by atoms with Crippen LogP contribution in [0.3, 0.4) is 0 Å². The Kier molecular flexibility index (Phi) is 4.42. The minimum absolute atomic E-state index is 0.405. The molecule has 2 aromatic rings. The van der Waals surface area contributed by atoms with Crippen LogP contribution in [0.15, 0.2) is 12.1 Å². The van der Waals surface area contributed by atoms with Gasteiger partial charge >= 0.3 is 0 Å². The standard InChI is InChI=1S/C13H13Cl2N3O2/c1-19-9-6-10(20-2)13(15)8(12(9)14)4-3-7-5-11(16)18-17-7/h3-6H,1-2H3,(H3,16,17,18). The van der Waals surface area contributed by atoms with Crippen LogP contribution in [0.1, 0.15) is 11.3 Å². The molecule has 0 unspecified atom stereocenters. The first-order valence-electron chi connectivity index (χ1n) is 5.65. The zero-order chi connectivity index (χ0) is 14.7. The Balaban J connectivity index is 2.47. The van der Waals surface area contributed by atoms with Gasteiger partial charge in [0.05, 0.1) is 30.0 Å². The number of benzene rings is 1. The third kappa shape index (κ3) is 2.84. The molecule has 5 nitrogen and oxygen atoms in total. The highest BCUT2D eigenvalue weighted by Gasteiger charge is 2.15. The largest absolute Gasteiger partial charge is 0.495 e. The fraction of sp³-hybridized carbons (Fsp3) is 0.154. The molecule has 0 aliphatic carbocycles. The third-order valence-corrected chi connectivity index (χ3v) is 3.43. The molecule has 0 aliphatic rings. The molecule has 0 atom stereocenters. The van der Waals surface area contributed by atoms with E-state index in [9.17, 15) is 0 Å². The Bertz CT molecular complexity index is 625. The molecular formula is C13H13Cl2N3O2. The van der Waals surface area contributed by atoms with E-state index in [1.54, 1.807) is 24.3 Å². The number of halogens is 2. The molecule has 106 valence electrons. The van der Waals surface area contributed by atoms with Gasteiger partial charge < -0.3 is 15.2 Å². The van der Waals surface area contributed by atoms with E-state index < -0.39 is 0 Å². The number of rotatable bonds is 4. The summed E-state index contributed by atoms with van der Waals surface area (Å²) in [6.07, 6.45) is 3.50. The van der Waals surface area contributed by atoms with Gasteiger partial charge in [0, 0.05) is 17.7 Å². The first-order chi connectivity index (χ1) is 9.56. The first-order valence-corrected chi connectivity index (χ1v) is 6.41. The Hall–Kier alpha value is -1.85. The highest BCUT2D eigenvalue weighted by molar-refractivity contribution is 6.39. The van der Waals surface area contributed by atoms with Crippen molar-refractivity contribution in [3.63, 3.8) is 0 Å². The van der Waals surface area contributed by atoms with Crippen molar-refractivity contribution < 1.29 is 9.47 Å². The Labute approximate surface area is 126 Å². The van der Waals surface area contributed by atoms with Crippen LogP contribution in [0.4, 0.5) is 5.82 Å². The predicted octanol–water partition coefficient (Wildman–Crippen LogP) is 3.49. The molecule has 1 aromatic heterocycles. The molecule has 7 heteroatoms. The number of aromatic amines is 1. The number of ether oxygens (including phenoxy) is 2. The zero-order valence-corrected chi connectivity index (χ0v) is 12.4. The van der Waals surface area contributed by atoms with Crippen molar-refractivity contribution in [1.82, 2.24) is 10.2 Å². The summed E-state index contributed by atoms with van der Waals surface area (Å²) >= 11 is 12.5. The fourth-order valence-corrected chi connectivity index (χ4v) is 2.29. The predicted molar refractivity (Wildman–Crippen MR) is 81.5 cm³/mol. The molecular weight excluding hydrogens is 301 g/mol. The average molecular weight is 314 g/mol. The smallest absolute Gasteiger partial charge is 0.145 e. The number of nitrogen functional groups attached to an aromatic ring is 1. The summed E-state index contributed by atoms with van der Waals surface area (Å²) in [6.45, 7) is 0. The molecule has 0 spiro atoms. The van der Waals surface area contributed by atoms with Gasteiger partial charge in [-0.1, -0.05) is 23.2 Å². The van der Waals surface area contributed by atoms with Gasteiger partial charge in [0.15, 0.2) is 0 Å². The first kappa shape index (κ1) is 14.6. The second-order valence-corrected chi connectivity index (χ2v) is 4.66. The van der Waals surface area contributed by atoms with Gasteiger partial charge in [-0.2, -0.15) is 5.10 Å². The molecule has 0 bridgehead atoms. The Morgan fingerprint density at radius 3 is 2.15 bits per heavy atom. The van der Waals surface area contributed by atoms with E-state index in [0.29, 0.717) is 32.9 Å². The maximum Gasteiger partial charge on any atom is 0.145 e. The molecule has 0 fully saturated rings. The van der Waals surface area contributed by atoms with Crippen molar-refractivity contribution >= 4 is 41.2 Å². The number of H-pyrrole nitrogens is 1. The van der Waals surface area contributed by atoms with Crippen LogP contribution in [0.25, 0.3) is 12.2 Å². The highest BCUT2D eigenvalue weighted by Crippen LogP contribution is 2.41. The third-order valence-electron chi connectivity index (χ3n) is 2.65. The number of hydrogen-bond acceptors (Lipinski definition) is 4. The molecule has 3 N–H and O–H groups in total. The number of nitrogens with one attached hydrogen (secondary N) is 1. The summed E-state index contributed by atoms with van der Waals surface area (Å²) in [5, 5.41) is 7.40. The minimum atomic E-state index is 0.405. The lowest BCUT2D eigenvalue weighted by atomic mass is 10.1. The molecule has 20 heavy (non-hydrogen) atoms. The molecule has 0 saturated carbocycles. The summed E-state index contributed by atoms with van der Waals surface area (Å²) in [6, 6.07) is 3.33. The van der Waals surface area contributed by atoms with Gasteiger partial charge in [0.1, 0.15) is 17.3 Å². The van der Waals surface area contributed by atoms with Crippen molar-refractivity contribution in [2.24, 2.45) is 0 Å². The lowest BCUT2D eigenvalue weighted by Crippen LogP contribution is -1.92. The Morgan fingerprint density at radius 1 is 1.10 bits per heavy atom. The Morgan fingerprint density at radius 2 is 1.70 bits per heavy atom. The lowest BCUT2D eigenvalue weighted by Gasteiger charge is -2.12. The van der Waals surface area contributed by atoms with E-state index >= 15 is 0 Å². The van der Waals surface area contributed by atoms with E-state index in [1.165, 1.54) is 14.2 Å². The zero-order valence-electron chi connectivity index (χ0n) is 10.9. The van der Waals surface area contributed by atoms with Gasteiger partial charge in [-0.25, -0.2) is 0 Å². The SMILES string of the molecule is COc1cc(OC)c(Cl)c(C=Cc2cc(N)n[nH]2)c1Cl. The number of anilines is 1. The molecule has 0 amide bonds. The van der Waals surface area contributed by atoms with Gasteiger partial charge in [-0.05, 0) is 12.2 Å². The molecule has 0 aliphatic heterocycles. The number of hydrogen-bond donors (Lipinski definition) is 2. The maximum absolute atomic E-state index is 6.25. The second-order valence-electron chi connectivity index (χ2n) is 3.90. The van der Waals surface area contributed by atoms with Gasteiger partial charge in [0.25, 0.3) is 0 Å². The van der Waals surface area contributed by atoms with E-state index in [-0.39, 0.29) is 0 Å². The molecule has 0 saturated heterocycles. The lowest BCUT2D eigenvalue weighted by molar-refractivity contribution is 0.394. The van der Waals surface area contributed by atoms with Crippen LogP contribution in [-0.4, -0.2) is 24.4 Å². The second kappa shape index (κ2) is 6.07. The summed E-state index contributed by atoms with van der Waals surface area (Å²) < 4.78 is 10.4. The van der Waals surface area contributed by atoms with Crippen molar-refractivity contribution in [3.8, 4) is 11.5 Å². The average Bonchev–Trinajstić information content (AvgIpc) is 2.85. The van der Waals surface area contributed by atoms with E-state index in [0.717, 1.165) is 5.69 Å². The van der Waals surface area contributed by atoms with Crippen molar-refractivity contribution in [1.29, 1.82) is 0 Å². The molecule has 2 rings (SSSR count). The molecule has 1 aromatic carbocycles. The quantitative estimate of drug-likeness (QED) is 0.906. The van der Waals surface area contributed by atoms with Gasteiger partial charge in [-0.3, -0.25) is 5.10 Å². The number of methoxy groups -OCH3 is 2. The van der Waals surface area contributed by atoms with Crippen LogP contribution in [0.2, 0.25) is 10.0 Å². The maximum atomic E-state index is 6.25. The molecule has 1 heterocycles. The summed E-state index contributed by atoms with van der Waals surface area (Å²) in [7, 11) is 3.05. The summed E-state index contributed by atoms with van der Waals surface area (Å²) in [4.78, 5) is 0. The van der Waals surface area contributed by atoms with Crippen LogP contribution < -0.4 is 15.2 Å². The van der Waals surface area contributed by atoms with Crippen LogP contribution in [0.5, 0.6) is 11.5 Å². The van der Waals surface area contributed by atoms with Crippen molar-refractivity contribution in [3.05, 3.63) is 33.4 Å². The van der Waals surface area contributed by atoms with Crippen molar-refractivity contribution in [2.45, 2.75) is 0 Å². The van der Waals surface area contributed by atoms with Gasteiger partial charge in [0.2, 0.25) is 0 Å². The summed E-state index contributed by atoms with van der Waals surface area (Å²) in [5.41, 5.74) is 6.86. The minimum Gasteiger partial charge on any atom is -0.495 e. The van der Waals surface area contributed by atoms with Crippen LogP contribution in [-0.2, 0) is 0 Å². The van der Waals surface area contributed by atoms with E-state index in [4.69, 9.17) is 38.4 Å². The number of nitrogens with two attached hydrogens (primary N) is 1. The highest BCUT2D eigenvalue weighted by atomic mass is 35.5. The number of aromatic nitrogens is 2. The fourth-order valence-electron chi connectivity index (χ4n) is 1.66. The number of nitrogens with zero attached hydrogens (tertiary/aromatic N) is 1. The normalized spacial score (nSPS) is 11.0. The van der Waals surface area contributed by atoms with Gasteiger partial charge in [-0.15, -0.1) is 0 Å². The van der Waals surface area contributed by atoms with E-state index in [2.05, 4.69) is 10.2 Å². The van der Waals surface area contributed by atoms with Crippen molar-refractivity contribution in [2.75, 3.05) is 20.0 Å². The summed E-state index contributed by atoms with van der Waals surface area (Å²) in [5.74, 6) is 1.37. The molecule has 0 radical (unpaired) electrons. The van der Waals surface area contributed by atoms with Crippen LogP contribution >= 0.6 is 23.2 Å². The monoisotopic (exact) mass is 313 g/mol. The topological polar surface area (TPSA) is 73.2 Å². The van der Waals surface area contributed by atoms with Crippen LogP contribution in [0, 0.1) is 0 Å². The van der Waals surface area contributed by atoms with E-state index in [1.807, 2.05) is 0 Å².